The summed E-state index contributed by atoms with van der Waals surface area (Å²) in [6, 6.07) is 0.304. The number of hydrogen-bond donors (Lipinski definition) is 2. The van der Waals surface area contributed by atoms with Gasteiger partial charge in [-0.1, -0.05) is 20.3 Å². The van der Waals surface area contributed by atoms with Crippen LogP contribution in [0.1, 0.15) is 46.5 Å². The lowest BCUT2D eigenvalue weighted by Crippen LogP contribution is -2.56. The predicted octanol–water partition coefficient (Wildman–Crippen LogP) is 1.94. The summed E-state index contributed by atoms with van der Waals surface area (Å²) in [5, 5.41) is 3.12. The Morgan fingerprint density at radius 3 is 2.83 bits per heavy atom. The zero-order chi connectivity index (χ0) is 13.3. The molecule has 0 aromatic rings. The molecule has 18 heavy (non-hydrogen) atoms. The SMILES string of the molecule is CC(C)C(C)NC(=O)N1CC2CCCC1(CN)C2. The summed E-state index contributed by atoms with van der Waals surface area (Å²) in [4.78, 5) is 14.5. The first-order chi connectivity index (χ1) is 8.48. The number of nitrogens with one attached hydrogen (secondary N) is 1. The van der Waals surface area contributed by atoms with Crippen molar-refractivity contribution < 1.29 is 4.79 Å². The summed E-state index contributed by atoms with van der Waals surface area (Å²) in [6.07, 6.45) is 4.65. The third-order valence-electron chi connectivity index (χ3n) is 4.91. The Balaban J connectivity index is 2.05. The van der Waals surface area contributed by atoms with E-state index in [9.17, 15) is 4.79 Å². The summed E-state index contributed by atoms with van der Waals surface area (Å²) in [7, 11) is 0. The van der Waals surface area contributed by atoms with E-state index in [-0.39, 0.29) is 17.6 Å². The molecule has 3 N–H and O–H groups in total. The topological polar surface area (TPSA) is 58.4 Å². The molecule has 2 fully saturated rings. The Labute approximate surface area is 110 Å². The zero-order valence-corrected chi connectivity index (χ0v) is 11.9. The summed E-state index contributed by atoms with van der Waals surface area (Å²) in [5.74, 6) is 1.13. The van der Waals surface area contributed by atoms with Crippen LogP contribution in [0.5, 0.6) is 0 Å². The Kier molecular flexibility index (Phi) is 3.85. The van der Waals surface area contributed by atoms with Crippen molar-refractivity contribution in [1.82, 2.24) is 10.2 Å². The molecule has 0 radical (unpaired) electrons. The van der Waals surface area contributed by atoms with Crippen molar-refractivity contribution in [1.29, 1.82) is 0 Å². The van der Waals surface area contributed by atoms with Gasteiger partial charge in [-0.15, -0.1) is 0 Å². The van der Waals surface area contributed by atoms with Gasteiger partial charge in [0.15, 0.2) is 0 Å². The summed E-state index contributed by atoms with van der Waals surface area (Å²) in [5.41, 5.74) is 5.92. The minimum absolute atomic E-state index is 0.0519. The molecule has 104 valence electrons. The molecule has 2 bridgehead atoms. The van der Waals surface area contributed by atoms with Crippen molar-refractivity contribution in [2.45, 2.75) is 58.0 Å². The minimum Gasteiger partial charge on any atom is -0.335 e. The molecule has 4 heteroatoms. The van der Waals surface area contributed by atoms with Crippen molar-refractivity contribution in [3.8, 4) is 0 Å². The highest BCUT2D eigenvalue weighted by Gasteiger charge is 2.49. The van der Waals surface area contributed by atoms with Crippen molar-refractivity contribution in [3.05, 3.63) is 0 Å². The average Bonchev–Trinajstić information content (AvgIpc) is 2.61. The average molecular weight is 253 g/mol. The van der Waals surface area contributed by atoms with E-state index in [1.165, 1.54) is 12.8 Å². The van der Waals surface area contributed by atoms with Crippen LogP contribution < -0.4 is 11.1 Å². The van der Waals surface area contributed by atoms with E-state index in [2.05, 4.69) is 26.1 Å². The van der Waals surface area contributed by atoms with Crippen LogP contribution in [0.3, 0.4) is 0 Å². The quantitative estimate of drug-likeness (QED) is 0.807. The van der Waals surface area contributed by atoms with E-state index in [1.807, 2.05) is 4.90 Å². The minimum atomic E-state index is -0.0519. The maximum absolute atomic E-state index is 12.4. The van der Waals surface area contributed by atoms with Gasteiger partial charge in [-0.2, -0.15) is 0 Å². The first kappa shape index (κ1) is 13.7. The van der Waals surface area contributed by atoms with Gasteiger partial charge in [0.1, 0.15) is 0 Å². The summed E-state index contributed by atoms with van der Waals surface area (Å²) >= 11 is 0. The monoisotopic (exact) mass is 253 g/mol. The largest absolute Gasteiger partial charge is 0.335 e. The fraction of sp³-hybridized carbons (Fsp3) is 0.929. The number of hydrogen-bond acceptors (Lipinski definition) is 2. The molecule has 2 amide bonds. The van der Waals surface area contributed by atoms with E-state index in [4.69, 9.17) is 5.73 Å². The van der Waals surface area contributed by atoms with Crippen molar-refractivity contribution in [3.63, 3.8) is 0 Å². The molecule has 1 aliphatic carbocycles. The fourth-order valence-electron chi connectivity index (χ4n) is 3.35. The van der Waals surface area contributed by atoms with Gasteiger partial charge >= 0.3 is 6.03 Å². The van der Waals surface area contributed by atoms with E-state index in [0.717, 1.165) is 19.4 Å². The van der Waals surface area contributed by atoms with Gasteiger partial charge in [-0.25, -0.2) is 4.79 Å². The van der Waals surface area contributed by atoms with Crippen molar-refractivity contribution in [2.24, 2.45) is 17.6 Å². The Morgan fingerprint density at radius 1 is 1.50 bits per heavy atom. The number of likely N-dealkylation sites (tertiary alicyclic amines) is 1. The Hall–Kier alpha value is -0.770. The number of carbonyl (C=O) groups excluding carboxylic acids is 1. The molecule has 1 saturated heterocycles. The molecular formula is C14H27N3O. The third kappa shape index (κ3) is 2.35. The second kappa shape index (κ2) is 5.08. The van der Waals surface area contributed by atoms with E-state index >= 15 is 0 Å². The fourth-order valence-corrected chi connectivity index (χ4v) is 3.35. The molecule has 1 heterocycles. The molecule has 3 unspecified atom stereocenters. The Morgan fingerprint density at radius 2 is 2.22 bits per heavy atom. The number of carbonyl (C=O) groups is 1. The zero-order valence-electron chi connectivity index (χ0n) is 11.9. The van der Waals surface area contributed by atoms with Crippen LogP contribution in [0.15, 0.2) is 0 Å². The van der Waals surface area contributed by atoms with Gasteiger partial charge in [0.25, 0.3) is 0 Å². The van der Waals surface area contributed by atoms with Gasteiger partial charge in [0.2, 0.25) is 0 Å². The molecule has 0 aromatic heterocycles. The highest BCUT2D eigenvalue weighted by Crippen LogP contribution is 2.43. The maximum atomic E-state index is 12.4. The van der Waals surface area contributed by atoms with Crippen LogP contribution in [0.4, 0.5) is 4.79 Å². The first-order valence-electron chi connectivity index (χ1n) is 7.27. The molecule has 2 rings (SSSR count). The van der Waals surface area contributed by atoms with Gasteiger partial charge in [0, 0.05) is 19.1 Å². The number of rotatable bonds is 3. The number of nitrogens with two attached hydrogens (primary N) is 1. The molecule has 1 aliphatic heterocycles. The second-order valence-corrected chi connectivity index (χ2v) is 6.48. The third-order valence-corrected chi connectivity index (χ3v) is 4.91. The van der Waals surface area contributed by atoms with Gasteiger partial charge in [-0.3, -0.25) is 0 Å². The van der Waals surface area contributed by atoms with Crippen molar-refractivity contribution in [2.75, 3.05) is 13.1 Å². The molecule has 1 saturated carbocycles. The molecule has 0 spiro atoms. The maximum Gasteiger partial charge on any atom is 0.318 e. The lowest BCUT2D eigenvalue weighted by Gasteiger charge is -2.39. The lowest BCUT2D eigenvalue weighted by atomic mass is 9.80. The molecule has 3 atom stereocenters. The number of urea groups is 1. The Bertz CT molecular complexity index is 318. The number of fused-ring (bicyclic) bond motifs is 2. The summed E-state index contributed by atoms with van der Waals surface area (Å²) < 4.78 is 0. The normalized spacial score (nSPS) is 32.7. The summed E-state index contributed by atoms with van der Waals surface area (Å²) in [6.45, 7) is 7.83. The molecule has 0 aromatic carbocycles. The first-order valence-corrected chi connectivity index (χ1v) is 7.27. The van der Waals surface area contributed by atoms with Crippen LogP contribution in [0, 0.1) is 11.8 Å². The highest BCUT2D eigenvalue weighted by atomic mass is 16.2. The molecule has 4 nitrogen and oxygen atoms in total. The number of nitrogens with zero attached hydrogens (tertiary/aromatic N) is 1. The van der Waals surface area contributed by atoms with Gasteiger partial charge < -0.3 is 16.0 Å². The van der Waals surface area contributed by atoms with E-state index in [1.54, 1.807) is 0 Å². The predicted molar refractivity (Wildman–Crippen MR) is 73.3 cm³/mol. The van der Waals surface area contributed by atoms with Crippen LogP contribution in [0.25, 0.3) is 0 Å². The molecule has 2 aliphatic rings. The highest BCUT2D eigenvalue weighted by molar-refractivity contribution is 5.76. The van der Waals surface area contributed by atoms with Crippen LogP contribution in [-0.4, -0.2) is 35.6 Å². The van der Waals surface area contributed by atoms with Crippen LogP contribution in [-0.2, 0) is 0 Å². The van der Waals surface area contributed by atoms with Gasteiger partial charge in [0.05, 0.1) is 5.54 Å². The molecular weight excluding hydrogens is 226 g/mol. The van der Waals surface area contributed by atoms with Crippen LogP contribution in [0.2, 0.25) is 0 Å². The lowest BCUT2D eigenvalue weighted by molar-refractivity contribution is 0.136. The van der Waals surface area contributed by atoms with E-state index in [0.29, 0.717) is 18.4 Å². The van der Waals surface area contributed by atoms with E-state index < -0.39 is 0 Å². The smallest absolute Gasteiger partial charge is 0.318 e. The van der Waals surface area contributed by atoms with Crippen molar-refractivity contribution >= 4 is 6.03 Å². The standard InChI is InChI=1S/C14H27N3O/c1-10(2)11(3)16-13(18)17-8-12-5-4-6-14(17,7-12)9-15/h10-12H,4-9,15H2,1-3H3,(H,16,18). The van der Waals surface area contributed by atoms with Crippen LogP contribution >= 0.6 is 0 Å². The van der Waals surface area contributed by atoms with Gasteiger partial charge in [-0.05, 0) is 38.0 Å². The second-order valence-electron chi connectivity index (χ2n) is 6.48. The number of amides is 2.